The highest BCUT2D eigenvalue weighted by Crippen LogP contribution is 2.32. The lowest BCUT2D eigenvalue weighted by Crippen LogP contribution is -2.01. The first kappa shape index (κ1) is 15.1. The lowest BCUT2D eigenvalue weighted by Gasteiger charge is -2.11. The number of aryl methyl sites for hydroxylation is 2. The maximum atomic E-state index is 6.12. The molecular formula is C14H20ClIO. The summed E-state index contributed by atoms with van der Waals surface area (Å²) in [7, 11) is 0. The van der Waals surface area contributed by atoms with Gasteiger partial charge in [0.2, 0.25) is 0 Å². The number of alkyl halides is 1. The fourth-order valence-electron chi connectivity index (χ4n) is 1.61. The molecule has 0 radical (unpaired) electrons. The smallest absolute Gasteiger partial charge is 0.122 e. The molecule has 0 N–H and O–H groups in total. The molecule has 2 rings (SSSR count). The Hall–Kier alpha value is 0.0400. The number of ether oxygens (including phenoxy) is 1. The number of halogens is 2. The molecule has 1 saturated carbocycles. The van der Waals surface area contributed by atoms with Gasteiger partial charge in [-0.3, -0.25) is 0 Å². The van der Waals surface area contributed by atoms with E-state index < -0.39 is 0 Å². The fraction of sp³-hybridized carbons (Fsp3) is 0.571. The highest BCUT2D eigenvalue weighted by atomic mass is 127. The van der Waals surface area contributed by atoms with Gasteiger partial charge in [-0.1, -0.05) is 41.1 Å². The van der Waals surface area contributed by atoms with Crippen LogP contribution in [0.15, 0.2) is 12.1 Å². The van der Waals surface area contributed by atoms with Crippen molar-refractivity contribution in [3.8, 4) is 5.75 Å². The molecule has 96 valence electrons. The normalized spacial score (nSPS) is 13.9. The monoisotopic (exact) mass is 366 g/mol. The quantitative estimate of drug-likeness (QED) is 0.535. The van der Waals surface area contributed by atoms with Crippen LogP contribution in [-0.2, 0) is 6.42 Å². The molecule has 0 atom stereocenters. The van der Waals surface area contributed by atoms with Crippen molar-refractivity contribution in [2.45, 2.75) is 33.1 Å². The minimum absolute atomic E-state index is 0.796. The number of benzene rings is 1. The zero-order chi connectivity index (χ0) is 12.8. The van der Waals surface area contributed by atoms with Crippen LogP contribution in [0.4, 0.5) is 0 Å². The summed E-state index contributed by atoms with van der Waals surface area (Å²) >= 11 is 8.27. The molecular weight excluding hydrogens is 347 g/mol. The van der Waals surface area contributed by atoms with Gasteiger partial charge in [-0.2, -0.15) is 0 Å². The molecule has 1 aromatic rings. The second-order valence-electron chi connectivity index (χ2n) is 4.32. The largest absolute Gasteiger partial charge is 0.493 e. The SMILES string of the molecule is CCc1cc(OCC2CC2)c(C)cc1Cl.CI. The van der Waals surface area contributed by atoms with E-state index in [4.69, 9.17) is 16.3 Å². The van der Waals surface area contributed by atoms with Gasteiger partial charge < -0.3 is 4.74 Å². The van der Waals surface area contributed by atoms with E-state index in [2.05, 4.69) is 35.6 Å². The Morgan fingerprint density at radius 2 is 2.00 bits per heavy atom. The molecule has 17 heavy (non-hydrogen) atoms. The van der Waals surface area contributed by atoms with Crippen LogP contribution in [0, 0.1) is 12.8 Å². The van der Waals surface area contributed by atoms with Crippen molar-refractivity contribution >= 4 is 34.2 Å². The minimum Gasteiger partial charge on any atom is -0.493 e. The Labute approximate surface area is 123 Å². The van der Waals surface area contributed by atoms with Gasteiger partial charge in [-0.15, -0.1) is 0 Å². The van der Waals surface area contributed by atoms with Gasteiger partial charge in [-0.25, -0.2) is 0 Å². The standard InChI is InChI=1S/C13H17ClO.CH3I/c1-3-11-7-13(9(2)6-12(11)14)15-8-10-4-5-10;1-2/h6-7,10H,3-5,8H2,1-2H3;1H3. The van der Waals surface area contributed by atoms with Crippen LogP contribution in [0.5, 0.6) is 5.75 Å². The summed E-state index contributed by atoms with van der Waals surface area (Å²) in [5.41, 5.74) is 2.31. The van der Waals surface area contributed by atoms with Crippen LogP contribution in [0.3, 0.4) is 0 Å². The van der Waals surface area contributed by atoms with Crippen LogP contribution in [0.1, 0.15) is 30.9 Å². The van der Waals surface area contributed by atoms with Crippen molar-refractivity contribution in [1.29, 1.82) is 0 Å². The van der Waals surface area contributed by atoms with Crippen LogP contribution in [0.25, 0.3) is 0 Å². The van der Waals surface area contributed by atoms with Crippen LogP contribution in [-0.4, -0.2) is 11.5 Å². The molecule has 1 aliphatic carbocycles. The Balaban J connectivity index is 0.000000686. The first-order valence-corrected chi connectivity index (χ1v) is 8.54. The number of rotatable bonds is 4. The second-order valence-corrected chi connectivity index (χ2v) is 4.72. The van der Waals surface area contributed by atoms with Crippen LogP contribution >= 0.6 is 34.2 Å². The maximum Gasteiger partial charge on any atom is 0.122 e. The summed E-state index contributed by atoms with van der Waals surface area (Å²) in [6.07, 6.45) is 3.61. The molecule has 1 aromatic carbocycles. The molecule has 0 bridgehead atoms. The molecule has 0 spiro atoms. The summed E-state index contributed by atoms with van der Waals surface area (Å²) in [6.45, 7) is 5.03. The fourth-order valence-corrected chi connectivity index (χ4v) is 1.97. The lowest BCUT2D eigenvalue weighted by molar-refractivity contribution is 0.297. The molecule has 0 aliphatic heterocycles. The van der Waals surface area contributed by atoms with Crippen molar-refractivity contribution in [3.63, 3.8) is 0 Å². The third-order valence-corrected chi connectivity index (χ3v) is 3.25. The first-order chi connectivity index (χ1) is 8.20. The number of hydrogen-bond acceptors (Lipinski definition) is 1. The Bertz CT molecular complexity index is 361. The van der Waals surface area contributed by atoms with Crippen molar-refractivity contribution in [3.05, 3.63) is 28.3 Å². The topological polar surface area (TPSA) is 9.23 Å². The summed E-state index contributed by atoms with van der Waals surface area (Å²) < 4.78 is 5.80. The Kier molecular flexibility index (Phi) is 6.63. The van der Waals surface area contributed by atoms with E-state index in [1.165, 1.54) is 18.4 Å². The first-order valence-electron chi connectivity index (χ1n) is 6.00. The molecule has 1 aliphatic rings. The Morgan fingerprint density at radius 3 is 2.53 bits per heavy atom. The van der Waals surface area contributed by atoms with E-state index in [9.17, 15) is 0 Å². The van der Waals surface area contributed by atoms with E-state index in [1.54, 1.807) is 0 Å². The summed E-state index contributed by atoms with van der Waals surface area (Å²) in [5, 5.41) is 0.855. The van der Waals surface area contributed by atoms with Gasteiger partial charge >= 0.3 is 0 Å². The van der Waals surface area contributed by atoms with E-state index in [0.29, 0.717) is 0 Å². The summed E-state index contributed by atoms with van der Waals surface area (Å²) in [6, 6.07) is 4.09. The van der Waals surface area contributed by atoms with Crippen LogP contribution < -0.4 is 4.74 Å². The second kappa shape index (κ2) is 7.47. The van der Waals surface area contributed by atoms with Crippen molar-refractivity contribution < 1.29 is 4.74 Å². The summed E-state index contributed by atoms with van der Waals surface area (Å²) in [4.78, 5) is 1.97. The average molecular weight is 367 g/mol. The molecule has 0 unspecified atom stereocenters. The highest BCUT2D eigenvalue weighted by Gasteiger charge is 2.22. The average Bonchev–Trinajstić information content (AvgIpc) is 3.15. The highest BCUT2D eigenvalue weighted by molar-refractivity contribution is 14.1. The molecule has 1 nitrogen and oxygen atoms in total. The third-order valence-electron chi connectivity index (χ3n) is 2.90. The van der Waals surface area contributed by atoms with E-state index in [-0.39, 0.29) is 0 Å². The lowest BCUT2D eigenvalue weighted by atomic mass is 10.1. The van der Waals surface area contributed by atoms with Gasteiger partial charge in [0.25, 0.3) is 0 Å². The van der Waals surface area contributed by atoms with Gasteiger partial charge in [0, 0.05) is 5.02 Å². The van der Waals surface area contributed by atoms with Gasteiger partial charge in [-0.05, 0) is 60.3 Å². The third kappa shape index (κ3) is 4.66. The number of hydrogen-bond donors (Lipinski definition) is 0. The van der Waals surface area contributed by atoms with E-state index in [1.807, 2.05) is 17.9 Å². The van der Waals surface area contributed by atoms with E-state index >= 15 is 0 Å². The minimum atomic E-state index is 0.796. The molecule has 3 heteroatoms. The van der Waals surface area contributed by atoms with E-state index in [0.717, 1.165) is 35.3 Å². The molecule has 0 aromatic heterocycles. The van der Waals surface area contributed by atoms with Crippen molar-refractivity contribution in [2.75, 3.05) is 11.5 Å². The molecule has 0 heterocycles. The molecule has 1 fully saturated rings. The van der Waals surface area contributed by atoms with Gasteiger partial charge in [0.1, 0.15) is 5.75 Å². The summed E-state index contributed by atoms with van der Waals surface area (Å²) in [5.74, 6) is 1.80. The van der Waals surface area contributed by atoms with Crippen molar-refractivity contribution in [2.24, 2.45) is 5.92 Å². The molecule has 0 saturated heterocycles. The van der Waals surface area contributed by atoms with Crippen molar-refractivity contribution in [1.82, 2.24) is 0 Å². The Morgan fingerprint density at radius 1 is 1.35 bits per heavy atom. The maximum absolute atomic E-state index is 6.12. The predicted molar refractivity (Wildman–Crippen MR) is 83.7 cm³/mol. The van der Waals surface area contributed by atoms with Gasteiger partial charge in [0.05, 0.1) is 6.61 Å². The zero-order valence-electron chi connectivity index (χ0n) is 10.7. The van der Waals surface area contributed by atoms with Gasteiger partial charge in [0.15, 0.2) is 0 Å². The zero-order valence-corrected chi connectivity index (χ0v) is 13.6. The van der Waals surface area contributed by atoms with Crippen LogP contribution in [0.2, 0.25) is 5.02 Å². The molecule has 0 amide bonds. The predicted octanol–water partition coefficient (Wildman–Crippen LogP) is 5.05.